The van der Waals surface area contributed by atoms with Crippen molar-refractivity contribution in [3.05, 3.63) is 34.1 Å². The standard InChI is InChI=1S/C11H15BrFNO2/c1-15-5-6-16-7-10(14)8-3-2-4-9(12)11(8)13/h2-4,10H,5-7,14H2,1H3. The summed E-state index contributed by atoms with van der Waals surface area (Å²) in [5.41, 5.74) is 6.27. The van der Waals surface area contributed by atoms with Crippen LogP contribution in [0.1, 0.15) is 11.6 Å². The summed E-state index contributed by atoms with van der Waals surface area (Å²) in [5, 5.41) is 0. The lowest BCUT2D eigenvalue weighted by molar-refractivity contribution is 0.0632. The molecule has 5 heteroatoms. The molecule has 3 nitrogen and oxygen atoms in total. The van der Waals surface area contributed by atoms with Crippen molar-refractivity contribution in [1.29, 1.82) is 0 Å². The van der Waals surface area contributed by atoms with E-state index in [1.165, 1.54) is 0 Å². The van der Waals surface area contributed by atoms with Crippen LogP contribution in [0.2, 0.25) is 0 Å². The minimum atomic E-state index is -0.464. The molecule has 0 spiro atoms. The molecule has 90 valence electrons. The van der Waals surface area contributed by atoms with Crippen LogP contribution in [0.4, 0.5) is 4.39 Å². The van der Waals surface area contributed by atoms with Crippen LogP contribution in [0.5, 0.6) is 0 Å². The van der Waals surface area contributed by atoms with Gasteiger partial charge in [0.1, 0.15) is 5.82 Å². The Morgan fingerprint density at radius 1 is 1.44 bits per heavy atom. The van der Waals surface area contributed by atoms with Crippen LogP contribution in [0.3, 0.4) is 0 Å². The summed E-state index contributed by atoms with van der Waals surface area (Å²) in [5.74, 6) is -0.328. The van der Waals surface area contributed by atoms with Gasteiger partial charge in [-0.2, -0.15) is 0 Å². The smallest absolute Gasteiger partial charge is 0.142 e. The third-order valence-corrected chi connectivity index (χ3v) is 2.72. The van der Waals surface area contributed by atoms with E-state index in [1.54, 1.807) is 25.3 Å². The van der Waals surface area contributed by atoms with Crippen molar-refractivity contribution in [2.24, 2.45) is 5.73 Å². The first-order chi connectivity index (χ1) is 7.66. The van der Waals surface area contributed by atoms with E-state index < -0.39 is 6.04 Å². The van der Waals surface area contributed by atoms with Crippen LogP contribution in [-0.4, -0.2) is 26.9 Å². The number of ether oxygens (including phenoxy) is 2. The molecule has 1 unspecified atom stereocenters. The molecular weight excluding hydrogens is 277 g/mol. The van der Waals surface area contributed by atoms with Gasteiger partial charge in [-0.05, 0) is 22.0 Å². The predicted molar refractivity (Wildman–Crippen MR) is 63.7 cm³/mol. The quantitative estimate of drug-likeness (QED) is 0.818. The molecule has 0 heterocycles. The van der Waals surface area contributed by atoms with Crippen LogP contribution in [0.15, 0.2) is 22.7 Å². The van der Waals surface area contributed by atoms with Crippen molar-refractivity contribution in [2.45, 2.75) is 6.04 Å². The summed E-state index contributed by atoms with van der Waals surface area (Å²) in [7, 11) is 1.59. The summed E-state index contributed by atoms with van der Waals surface area (Å²) < 4.78 is 24.1. The molecule has 0 radical (unpaired) electrons. The van der Waals surface area contributed by atoms with Crippen LogP contribution < -0.4 is 5.73 Å². The van der Waals surface area contributed by atoms with Crippen molar-refractivity contribution >= 4 is 15.9 Å². The zero-order chi connectivity index (χ0) is 12.0. The zero-order valence-electron chi connectivity index (χ0n) is 9.08. The normalized spacial score (nSPS) is 12.8. The number of rotatable bonds is 6. The summed E-state index contributed by atoms with van der Waals surface area (Å²) in [4.78, 5) is 0. The van der Waals surface area contributed by atoms with E-state index in [2.05, 4.69) is 15.9 Å². The molecular formula is C11H15BrFNO2. The SMILES string of the molecule is COCCOCC(N)c1cccc(Br)c1F. The van der Waals surface area contributed by atoms with E-state index in [9.17, 15) is 4.39 Å². The van der Waals surface area contributed by atoms with Crippen molar-refractivity contribution in [2.75, 3.05) is 26.9 Å². The number of hydrogen-bond donors (Lipinski definition) is 1. The van der Waals surface area contributed by atoms with Gasteiger partial charge >= 0.3 is 0 Å². The van der Waals surface area contributed by atoms with E-state index in [-0.39, 0.29) is 12.4 Å². The number of hydrogen-bond acceptors (Lipinski definition) is 3. The topological polar surface area (TPSA) is 44.5 Å². The Morgan fingerprint density at radius 3 is 2.88 bits per heavy atom. The molecule has 0 amide bonds. The highest BCUT2D eigenvalue weighted by Crippen LogP contribution is 2.22. The third-order valence-electron chi connectivity index (χ3n) is 2.11. The minimum Gasteiger partial charge on any atom is -0.382 e. The Balaban J connectivity index is 2.52. The van der Waals surface area contributed by atoms with Crippen LogP contribution >= 0.6 is 15.9 Å². The van der Waals surface area contributed by atoms with Gasteiger partial charge in [0.25, 0.3) is 0 Å². The summed E-state index contributed by atoms with van der Waals surface area (Å²) in [6.45, 7) is 1.24. The second-order valence-corrected chi connectivity index (χ2v) is 4.17. The second kappa shape index (κ2) is 6.96. The molecule has 1 aromatic carbocycles. The monoisotopic (exact) mass is 291 g/mol. The van der Waals surface area contributed by atoms with Gasteiger partial charge in [0.05, 0.1) is 30.3 Å². The Labute approximate surface area is 103 Å². The number of methoxy groups -OCH3 is 1. The van der Waals surface area contributed by atoms with Crippen LogP contribution in [-0.2, 0) is 9.47 Å². The number of halogens is 2. The highest BCUT2D eigenvalue weighted by molar-refractivity contribution is 9.10. The lowest BCUT2D eigenvalue weighted by Crippen LogP contribution is -2.19. The second-order valence-electron chi connectivity index (χ2n) is 3.32. The van der Waals surface area contributed by atoms with Crippen molar-refractivity contribution in [3.63, 3.8) is 0 Å². The zero-order valence-corrected chi connectivity index (χ0v) is 10.7. The van der Waals surface area contributed by atoms with Gasteiger partial charge in [-0.15, -0.1) is 0 Å². The molecule has 2 N–H and O–H groups in total. The van der Waals surface area contributed by atoms with Crippen molar-refractivity contribution < 1.29 is 13.9 Å². The van der Waals surface area contributed by atoms with Gasteiger partial charge in [-0.3, -0.25) is 0 Å². The first-order valence-electron chi connectivity index (χ1n) is 4.93. The molecule has 16 heavy (non-hydrogen) atoms. The maximum Gasteiger partial charge on any atom is 0.142 e. The van der Waals surface area contributed by atoms with E-state index >= 15 is 0 Å². The maximum absolute atomic E-state index is 13.6. The average Bonchev–Trinajstić information content (AvgIpc) is 2.28. The number of nitrogens with two attached hydrogens (primary N) is 1. The predicted octanol–water partition coefficient (Wildman–Crippen LogP) is 2.25. The molecule has 1 aromatic rings. The highest BCUT2D eigenvalue weighted by Gasteiger charge is 2.13. The highest BCUT2D eigenvalue weighted by atomic mass is 79.9. The number of benzene rings is 1. The summed E-state index contributed by atoms with van der Waals surface area (Å²) in [6.07, 6.45) is 0. The summed E-state index contributed by atoms with van der Waals surface area (Å²) >= 11 is 3.12. The molecule has 0 fully saturated rings. The Morgan fingerprint density at radius 2 is 2.19 bits per heavy atom. The first kappa shape index (κ1) is 13.6. The van der Waals surface area contributed by atoms with E-state index in [0.717, 1.165) is 0 Å². The fourth-order valence-electron chi connectivity index (χ4n) is 1.25. The fraction of sp³-hybridized carbons (Fsp3) is 0.455. The van der Waals surface area contributed by atoms with Gasteiger partial charge in [0.15, 0.2) is 0 Å². The maximum atomic E-state index is 13.6. The van der Waals surface area contributed by atoms with Crippen LogP contribution in [0, 0.1) is 5.82 Å². The molecule has 0 aliphatic heterocycles. The lowest BCUT2D eigenvalue weighted by Gasteiger charge is -2.13. The van der Waals surface area contributed by atoms with E-state index in [1.807, 2.05) is 0 Å². The van der Waals surface area contributed by atoms with Crippen molar-refractivity contribution in [1.82, 2.24) is 0 Å². The molecule has 0 saturated carbocycles. The largest absolute Gasteiger partial charge is 0.382 e. The Kier molecular flexibility index (Phi) is 5.90. The van der Waals surface area contributed by atoms with Gasteiger partial charge < -0.3 is 15.2 Å². The fourth-order valence-corrected chi connectivity index (χ4v) is 1.63. The van der Waals surface area contributed by atoms with Gasteiger partial charge in [0.2, 0.25) is 0 Å². The molecule has 0 saturated heterocycles. The summed E-state index contributed by atoms with van der Waals surface area (Å²) in [6, 6.07) is 4.58. The van der Waals surface area contributed by atoms with E-state index in [4.69, 9.17) is 15.2 Å². The van der Waals surface area contributed by atoms with Crippen LogP contribution in [0.25, 0.3) is 0 Å². The lowest BCUT2D eigenvalue weighted by atomic mass is 10.1. The Bertz CT molecular complexity index is 336. The minimum absolute atomic E-state index is 0.275. The molecule has 0 bridgehead atoms. The molecule has 0 aliphatic carbocycles. The molecule has 0 aromatic heterocycles. The first-order valence-corrected chi connectivity index (χ1v) is 5.72. The van der Waals surface area contributed by atoms with Gasteiger partial charge in [-0.25, -0.2) is 4.39 Å². The molecule has 0 aliphatic rings. The Hall–Kier alpha value is -0.490. The van der Waals surface area contributed by atoms with E-state index in [0.29, 0.717) is 23.2 Å². The molecule has 1 rings (SSSR count). The van der Waals surface area contributed by atoms with Crippen molar-refractivity contribution in [3.8, 4) is 0 Å². The van der Waals surface area contributed by atoms with Gasteiger partial charge in [-0.1, -0.05) is 12.1 Å². The molecule has 1 atom stereocenters. The van der Waals surface area contributed by atoms with Gasteiger partial charge in [0, 0.05) is 12.7 Å². The third kappa shape index (κ3) is 3.83. The average molecular weight is 292 g/mol.